The van der Waals surface area contributed by atoms with Crippen LogP contribution in [-0.2, 0) is 0 Å². The molecule has 2 aromatic carbocycles. The third kappa shape index (κ3) is 6.65. The first-order chi connectivity index (χ1) is 17.7. The SMILES string of the molecule is CSc1cc(Oc2ncc(F)cc2C(=O)C[C@H]2CC[C@@H](NC(=O)c3ccc(C)cc3O)CC2)ccc1F. The minimum atomic E-state index is -0.648. The van der Waals surface area contributed by atoms with Crippen LogP contribution in [0.1, 0.15) is 58.4 Å². The van der Waals surface area contributed by atoms with Gasteiger partial charge in [-0.1, -0.05) is 6.07 Å². The van der Waals surface area contributed by atoms with Crippen LogP contribution in [-0.4, -0.2) is 34.1 Å². The third-order valence-electron chi connectivity index (χ3n) is 6.51. The lowest BCUT2D eigenvalue weighted by Gasteiger charge is -2.29. The molecule has 1 amide bonds. The molecule has 0 atom stereocenters. The minimum absolute atomic E-state index is 0.0242. The average molecular weight is 527 g/mol. The Bertz CT molecular complexity index is 1310. The lowest BCUT2D eigenvalue weighted by molar-refractivity contribution is 0.0893. The van der Waals surface area contributed by atoms with Crippen molar-refractivity contribution in [2.75, 3.05) is 6.26 Å². The van der Waals surface area contributed by atoms with Gasteiger partial charge in [-0.15, -0.1) is 11.8 Å². The fourth-order valence-corrected chi connectivity index (χ4v) is 5.00. The van der Waals surface area contributed by atoms with Crippen molar-refractivity contribution in [3.8, 4) is 17.4 Å². The molecule has 37 heavy (non-hydrogen) atoms. The van der Waals surface area contributed by atoms with Crippen LogP contribution in [0.3, 0.4) is 0 Å². The van der Waals surface area contributed by atoms with Crippen LogP contribution in [0.4, 0.5) is 8.78 Å². The zero-order valence-corrected chi connectivity index (χ0v) is 21.4. The van der Waals surface area contributed by atoms with Crippen LogP contribution in [0.5, 0.6) is 17.4 Å². The van der Waals surface area contributed by atoms with E-state index in [0.29, 0.717) is 36.3 Å². The molecule has 194 valence electrons. The number of ketones is 1. The number of ether oxygens (including phenoxy) is 1. The van der Waals surface area contributed by atoms with Crippen molar-refractivity contribution in [3.63, 3.8) is 0 Å². The van der Waals surface area contributed by atoms with Crippen molar-refractivity contribution in [3.05, 3.63) is 77.0 Å². The molecule has 3 aromatic rings. The number of aromatic nitrogens is 1. The molecular weight excluding hydrogens is 498 g/mol. The van der Waals surface area contributed by atoms with Gasteiger partial charge in [0.1, 0.15) is 23.1 Å². The lowest BCUT2D eigenvalue weighted by atomic mass is 9.82. The molecule has 1 aliphatic carbocycles. The highest BCUT2D eigenvalue weighted by atomic mass is 32.2. The highest BCUT2D eigenvalue weighted by Crippen LogP contribution is 2.32. The molecule has 6 nitrogen and oxygen atoms in total. The van der Waals surface area contributed by atoms with Crippen molar-refractivity contribution >= 4 is 23.5 Å². The Kier molecular flexibility index (Phi) is 8.43. The maximum Gasteiger partial charge on any atom is 0.255 e. The second kappa shape index (κ2) is 11.7. The number of carbonyl (C=O) groups excluding carboxylic acids is 2. The topological polar surface area (TPSA) is 88.5 Å². The van der Waals surface area contributed by atoms with Crippen molar-refractivity contribution in [1.82, 2.24) is 10.3 Å². The number of rotatable bonds is 8. The van der Waals surface area contributed by atoms with Gasteiger partial charge in [-0.2, -0.15) is 0 Å². The second-order valence-electron chi connectivity index (χ2n) is 9.24. The summed E-state index contributed by atoms with van der Waals surface area (Å²) < 4.78 is 33.5. The number of hydrogen-bond acceptors (Lipinski definition) is 6. The highest BCUT2D eigenvalue weighted by molar-refractivity contribution is 7.98. The first-order valence-corrected chi connectivity index (χ1v) is 13.3. The monoisotopic (exact) mass is 526 g/mol. The number of carbonyl (C=O) groups is 2. The largest absolute Gasteiger partial charge is 0.507 e. The Labute approximate surface area is 218 Å². The van der Waals surface area contributed by atoms with Crippen molar-refractivity contribution in [2.45, 2.75) is 50.0 Å². The van der Waals surface area contributed by atoms with Gasteiger partial charge in [0.15, 0.2) is 5.78 Å². The van der Waals surface area contributed by atoms with Gasteiger partial charge in [-0.05, 0) is 86.7 Å². The van der Waals surface area contributed by atoms with Gasteiger partial charge in [0.2, 0.25) is 5.88 Å². The summed E-state index contributed by atoms with van der Waals surface area (Å²) in [5.74, 6) is -1.35. The van der Waals surface area contributed by atoms with Crippen LogP contribution in [0.15, 0.2) is 53.6 Å². The van der Waals surface area contributed by atoms with E-state index in [1.165, 1.54) is 30.0 Å². The molecule has 1 aliphatic rings. The molecule has 0 bridgehead atoms. The summed E-state index contributed by atoms with van der Waals surface area (Å²) in [6.07, 6.45) is 5.71. The summed E-state index contributed by atoms with van der Waals surface area (Å²) in [4.78, 5) is 30.0. The summed E-state index contributed by atoms with van der Waals surface area (Å²) in [5.41, 5.74) is 1.14. The molecule has 0 radical (unpaired) electrons. The molecule has 9 heteroatoms. The summed E-state index contributed by atoms with van der Waals surface area (Å²) in [6.45, 7) is 1.84. The average Bonchev–Trinajstić information content (AvgIpc) is 2.87. The number of hydrogen-bond donors (Lipinski definition) is 2. The Morgan fingerprint density at radius 1 is 1.08 bits per heavy atom. The molecule has 0 aliphatic heterocycles. The fraction of sp³-hybridized carbons (Fsp3) is 0.321. The molecule has 1 saturated carbocycles. The number of nitrogens with zero attached hydrogens (tertiary/aromatic N) is 1. The normalized spacial score (nSPS) is 17.3. The van der Waals surface area contributed by atoms with E-state index in [1.807, 2.05) is 6.92 Å². The summed E-state index contributed by atoms with van der Waals surface area (Å²) in [6, 6.07) is 10.2. The number of phenols is 1. The Hall–Kier alpha value is -3.46. The van der Waals surface area contributed by atoms with E-state index in [4.69, 9.17) is 4.74 Å². The molecule has 4 rings (SSSR count). The standard InChI is InChI=1S/C28H28F2N2O4S/c1-16-3-9-21(24(33)11-16)27(35)32-19-6-4-17(5-7-19)12-25(34)22-13-18(29)15-31-28(22)36-20-8-10-23(30)26(14-20)37-2/h3,8-11,13-15,17,19,33H,4-7,12H2,1-2H3,(H,32,35)/t17-,19+. The summed E-state index contributed by atoms with van der Waals surface area (Å²) in [7, 11) is 0. The first-order valence-electron chi connectivity index (χ1n) is 12.0. The third-order valence-corrected chi connectivity index (χ3v) is 7.26. The van der Waals surface area contributed by atoms with Crippen LogP contribution in [0.2, 0.25) is 0 Å². The van der Waals surface area contributed by atoms with Gasteiger partial charge in [0, 0.05) is 17.4 Å². The molecule has 0 saturated heterocycles. The predicted octanol–water partition coefficient (Wildman–Crippen LogP) is 6.45. The maximum atomic E-state index is 14.0. The number of Topliss-reactive ketones (excluding diaryl/α,β-unsaturated/α-hetero) is 1. The van der Waals surface area contributed by atoms with Gasteiger partial charge in [0.05, 0.1) is 17.3 Å². The van der Waals surface area contributed by atoms with Gasteiger partial charge in [0.25, 0.3) is 5.91 Å². The Balaban J connectivity index is 1.36. The van der Waals surface area contributed by atoms with E-state index in [1.54, 1.807) is 24.5 Å². The molecule has 1 fully saturated rings. The first kappa shape index (κ1) is 26.6. The molecule has 1 aromatic heterocycles. The molecule has 1 heterocycles. The van der Waals surface area contributed by atoms with E-state index in [2.05, 4.69) is 10.3 Å². The number of thioether (sulfide) groups is 1. The molecular formula is C28H28F2N2O4S. The van der Waals surface area contributed by atoms with Crippen molar-refractivity contribution < 1.29 is 28.2 Å². The Morgan fingerprint density at radius 2 is 1.84 bits per heavy atom. The number of halogens is 2. The molecule has 0 unspecified atom stereocenters. The van der Waals surface area contributed by atoms with Crippen LogP contribution in [0.25, 0.3) is 0 Å². The Morgan fingerprint density at radius 3 is 2.54 bits per heavy atom. The smallest absolute Gasteiger partial charge is 0.255 e. The quantitative estimate of drug-likeness (QED) is 0.259. The number of phenolic OH excluding ortho intramolecular Hbond substituents is 1. The van der Waals surface area contributed by atoms with Crippen LogP contribution in [0, 0.1) is 24.5 Å². The van der Waals surface area contributed by atoms with Crippen molar-refractivity contribution in [2.24, 2.45) is 5.92 Å². The maximum absolute atomic E-state index is 14.0. The number of aryl methyl sites for hydroxylation is 1. The number of pyridine rings is 1. The van der Waals surface area contributed by atoms with E-state index in [9.17, 15) is 23.5 Å². The van der Waals surface area contributed by atoms with E-state index in [0.717, 1.165) is 17.8 Å². The van der Waals surface area contributed by atoms with Crippen molar-refractivity contribution in [1.29, 1.82) is 0 Å². The highest BCUT2D eigenvalue weighted by Gasteiger charge is 2.27. The summed E-state index contributed by atoms with van der Waals surface area (Å²) in [5, 5.41) is 13.0. The summed E-state index contributed by atoms with van der Waals surface area (Å²) >= 11 is 1.22. The lowest BCUT2D eigenvalue weighted by Crippen LogP contribution is -2.37. The van der Waals surface area contributed by atoms with Gasteiger partial charge in [-0.25, -0.2) is 13.8 Å². The molecule has 2 N–H and O–H groups in total. The second-order valence-corrected chi connectivity index (χ2v) is 10.1. The predicted molar refractivity (Wildman–Crippen MR) is 137 cm³/mol. The van der Waals surface area contributed by atoms with Crippen LogP contribution < -0.4 is 10.1 Å². The van der Waals surface area contributed by atoms with Gasteiger partial charge in [-0.3, -0.25) is 9.59 Å². The molecule has 0 spiro atoms. The zero-order valence-electron chi connectivity index (χ0n) is 20.6. The number of benzene rings is 2. The van der Waals surface area contributed by atoms with E-state index >= 15 is 0 Å². The number of nitrogens with one attached hydrogen (secondary N) is 1. The number of amides is 1. The van der Waals surface area contributed by atoms with E-state index in [-0.39, 0.29) is 58.6 Å². The van der Waals surface area contributed by atoms with E-state index < -0.39 is 5.82 Å². The minimum Gasteiger partial charge on any atom is -0.507 e. The van der Waals surface area contributed by atoms with Crippen LogP contribution >= 0.6 is 11.8 Å². The number of aromatic hydroxyl groups is 1. The van der Waals surface area contributed by atoms with Gasteiger partial charge < -0.3 is 15.2 Å². The fourth-order valence-electron chi connectivity index (χ4n) is 4.50. The zero-order chi connectivity index (χ0) is 26.5. The van der Waals surface area contributed by atoms with Gasteiger partial charge >= 0.3 is 0 Å².